The molecule has 0 saturated heterocycles. The highest BCUT2D eigenvalue weighted by Crippen LogP contribution is 2.45. The number of carbonyl (C=O) groups is 4. The van der Waals surface area contributed by atoms with Crippen molar-refractivity contribution in [1.82, 2.24) is 0 Å². The molecule has 0 aromatic heterocycles. The normalized spacial score (nSPS) is 14.0. The Morgan fingerprint density at radius 1 is 0.264 bits per heavy atom. The van der Waals surface area contributed by atoms with Crippen LogP contribution in [0.2, 0.25) is 0 Å². The quantitative estimate of drug-likeness (QED) is 0.0222. The summed E-state index contributed by atoms with van der Waals surface area (Å²) in [6, 6.07) is 0. The number of unbranched alkanes of at least 4 members (excludes halogenated alkanes) is 56. The summed E-state index contributed by atoms with van der Waals surface area (Å²) in [6.07, 6.45) is 73.5. The van der Waals surface area contributed by atoms with Crippen molar-refractivity contribution in [2.24, 2.45) is 17.8 Å². The van der Waals surface area contributed by atoms with Crippen LogP contribution in [0.5, 0.6) is 0 Å². The van der Waals surface area contributed by atoms with E-state index in [1.165, 1.54) is 295 Å². The van der Waals surface area contributed by atoms with Crippen LogP contribution in [-0.4, -0.2) is 96.7 Å². The van der Waals surface area contributed by atoms with Crippen molar-refractivity contribution >= 4 is 39.5 Å². The minimum atomic E-state index is -4.97. The third-order valence-electron chi connectivity index (χ3n) is 21.7. The van der Waals surface area contributed by atoms with Gasteiger partial charge in [-0.15, -0.1) is 0 Å². The van der Waals surface area contributed by atoms with Crippen molar-refractivity contribution in [3.8, 4) is 0 Å². The Morgan fingerprint density at radius 2 is 0.464 bits per heavy atom. The molecule has 654 valence electrons. The molecular weight excluding hydrogens is 1430 g/mol. The van der Waals surface area contributed by atoms with E-state index in [0.717, 1.165) is 108 Å². The molecule has 0 rings (SSSR count). The Labute approximate surface area is 677 Å². The number of rotatable bonds is 89. The summed E-state index contributed by atoms with van der Waals surface area (Å²) in [7, 11) is -9.94. The zero-order valence-corrected chi connectivity index (χ0v) is 74.5. The smallest absolute Gasteiger partial charge is 0.462 e. The molecule has 0 spiro atoms. The first-order chi connectivity index (χ1) is 53.3. The monoisotopic (exact) mass is 1610 g/mol. The van der Waals surface area contributed by atoms with Crippen LogP contribution in [0.3, 0.4) is 0 Å². The summed E-state index contributed by atoms with van der Waals surface area (Å²) in [5, 5.41) is 10.7. The highest BCUT2D eigenvalue weighted by molar-refractivity contribution is 7.47. The maximum Gasteiger partial charge on any atom is 0.472 e. The third-order valence-corrected chi connectivity index (χ3v) is 23.6. The number of ether oxygens (including phenoxy) is 4. The van der Waals surface area contributed by atoms with E-state index in [1.807, 2.05) is 0 Å². The average molecular weight is 1610 g/mol. The van der Waals surface area contributed by atoms with Crippen molar-refractivity contribution in [2.45, 2.75) is 503 Å². The number of hydrogen-bond donors (Lipinski definition) is 3. The first kappa shape index (κ1) is 108. The average Bonchev–Trinajstić information content (AvgIpc) is 0.900. The van der Waals surface area contributed by atoms with Gasteiger partial charge in [0, 0.05) is 25.7 Å². The van der Waals surface area contributed by atoms with Gasteiger partial charge in [0.25, 0.3) is 0 Å². The zero-order valence-electron chi connectivity index (χ0n) is 72.7. The van der Waals surface area contributed by atoms with E-state index >= 15 is 0 Å². The summed E-state index contributed by atoms with van der Waals surface area (Å²) in [6.45, 7) is 12.1. The maximum absolute atomic E-state index is 13.2. The fraction of sp³-hybridized carbons (Fsp3) is 0.956. The lowest BCUT2D eigenvalue weighted by molar-refractivity contribution is -0.161. The molecule has 0 heterocycles. The second kappa shape index (κ2) is 80.8. The largest absolute Gasteiger partial charge is 0.472 e. The second-order valence-electron chi connectivity index (χ2n) is 33.9. The standard InChI is InChI=1S/C91H178O17P2/c1-8-10-11-12-13-14-15-37-44-51-58-65-72-88(93)101-78-86(107-91(96)75-68-61-54-47-40-33-27-26-30-36-43-50-57-64-71-84(7)9-2)80-105-109(97,98)103-76-85(92)77-104-110(99,100)106-81-87(79-102-89(94)73-66-59-52-45-38-31-24-21-20-23-29-35-42-49-56-63-70-83(5)6)108-90(95)74-67-60-53-46-39-32-25-19-17-16-18-22-28-34-41-48-55-62-69-82(3)4/h82-87,92H,8-81H2,1-7H3,(H,97,98)(H,99,100)/t84?,85-,86+,87+/m0/s1. The van der Waals surface area contributed by atoms with E-state index in [1.54, 1.807) is 0 Å². The molecule has 0 amide bonds. The Balaban J connectivity index is 5.25. The fourth-order valence-electron chi connectivity index (χ4n) is 14.2. The molecule has 3 N–H and O–H groups in total. The van der Waals surface area contributed by atoms with Gasteiger partial charge in [0.05, 0.1) is 26.4 Å². The Hall–Kier alpha value is -1.94. The lowest BCUT2D eigenvalue weighted by Gasteiger charge is -2.21. The molecule has 0 fully saturated rings. The summed E-state index contributed by atoms with van der Waals surface area (Å²) >= 11 is 0. The van der Waals surface area contributed by atoms with Crippen LogP contribution in [0.15, 0.2) is 0 Å². The van der Waals surface area contributed by atoms with Crippen molar-refractivity contribution in [1.29, 1.82) is 0 Å². The minimum Gasteiger partial charge on any atom is -0.462 e. The van der Waals surface area contributed by atoms with Crippen molar-refractivity contribution < 1.29 is 80.2 Å². The molecule has 0 aliphatic rings. The van der Waals surface area contributed by atoms with E-state index in [0.29, 0.717) is 25.7 Å². The number of esters is 4. The van der Waals surface area contributed by atoms with Gasteiger partial charge in [-0.1, -0.05) is 434 Å². The van der Waals surface area contributed by atoms with Crippen molar-refractivity contribution in [3.05, 3.63) is 0 Å². The number of phosphoric acid groups is 2. The maximum atomic E-state index is 13.2. The van der Waals surface area contributed by atoms with Crippen molar-refractivity contribution in [2.75, 3.05) is 39.6 Å². The molecule has 0 saturated carbocycles. The molecule has 110 heavy (non-hydrogen) atoms. The lowest BCUT2D eigenvalue weighted by atomic mass is 9.99. The second-order valence-corrected chi connectivity index (χ2v) is 36.8. The molecule has 0 aromatic rings. The number of phosphoric ester groups is 2. The summed E-state index contributed by atoms with van der Waals surface area (Å²) in [5.41, 5.74) is 0. The van der Waals surface area contributed by atoms with Crippen LogP contribution in [0.4, 0.5) is 0 Å². The van der Waals surface area contributed by atoms with E-state index in [2.05, 4.69) is 48.5 Å². The lowest BCUT2D eigenvalue weighted by Crippen LogP contribution is -2.30. The predicted octanol–water partition coefficient (Wildman–Crippen LogP) is 28.0. The zero-order chi connectivity index (χ0) is 80.8. The van der Waals surface area contributed by atoms with Crippen LogP contribution < -0.4 is 0 Å². The van der Waals surface area contributed by atoms with Gasteiger partial charge in [-0.3, -0.25) is 37.3 Å². The Kier molecular flexibility index (Phi) is 79.4. The molecule has 0 bridgehead atoms. The molecule has 0 radical (unpaired) electrons. The molecule has 0 aliphatic heterocycles. The first-order valence-electron chi connectivity index (χ1n) is 46.9. The molecule has 3 unspecified atom stereocenters. The molecule has 0 aromatic carbocycles. The number of hydrogen-bond acceptors (Lipinski definition) is 15. The van der Waals surface area contributed by atoms with Gasteiger partial charge in [0.15, 0.2) is 12.2 Å². The van der Waals surface area contributed by atoms with Gasteiger partial charge in [0.1, 0.15) is 19.3 Å². The highest BCUT2D eigenvalue weighted by Gasteiger charge is 2.31. The van der Waals surface area contributed by atoms with Crippen LogP contribution in [0, 0.1) is 17.8 Å². The van der Waals surface area contributed by atoms with Gasteiger partial charge in [0.2, 0.25) is 0 Å². The van der Waals surface area contributed by atoms with Gasteiger partial charge < -0.3 is 33.8 Å². The topological polar surface area (TPSA) is 237 Å². The van der Waals surface area contributed by atoms with Gasteiger partial charge >= 0.3 is 39.5 Å². The summed E-state index contributed by atoms with van der Waals surface area (Å²) < 4.78 is 69.1. The minimum absolute atomic E-state index is 0.108. The predicted molar refractivity (Wildman–Crippen MR) is 455 cm³/mol. The highest BCUT2D eigenvalue weighted by atomic mass is 31.2. The van der Waals surface area contributed by atoms with Crippen LogP contribution in [0.1, 0.15) is 485 Å². The van der Waals surface area contributed by atoms with Crippen LogP contribution in [-0.2, 0) is 65.4 Å². The van der Waals surface area contributed by atoms with Gasteiger partial charge in [-0.05, 0) is 43.4 Å². The Bertz CT molecular complexity index is 2120. The van der Waals surface area contributed by atoms with E-state index < -0.39 is 97.5 Å². The first-order valence-corrected chi connectivity index (χ1v) is 49.9. The fourth-order valence-corrected chi connectivity index (χ4v) is 15.8. The van der Waals surface area contributed by atoms with Crippen LogP contribution in [0.25, 0.3) is 0 Å². The Morgan fingerprint density at radius 3 is 0.691 bits per heavy atom. The molecular formula is C91H178O17P2. The van der Waals surface area contributed by atoms with E-state index in [4.69, 9.17) is 37.0 Å². The van der Waals surface area contributed by atoms with Crippen LogP contribution >= 0.6 is 15.6 Å². The SMILES string of the molecule is CCCCCCCCCCCCCCC(=O)OC[C@H](COP(=O)(O)OC[C@H](O)COP(=O)(O)OC[C@@H](COC(=O)CCCCCCCCCCCCCCCCCCC(C)C)OC(=O)CCCCCCCCCCCCCCCCCCCCC(C)C)OC(=O)CCCCCCCCCCCCCCCCC(C)CC. The number of aliphatic hydroxyl groups is 1. The van der Waals surface area contributed by atoms with Gasteiger partial charge in [-0.2, -0.15) is 0 Å². The van der Waals surface area contributed by atoms with E-state index in [9.17, 15) is 43.2 Å². The van der Waals surface area contributed by atoms with E-state index in [-0.39, 0.29) is 25.7 Å². The summed E-state index contributed by atoms with van der Waals surface area (Å²) in [5.74, 6) is 0.383. The van der Waals surface area contributed by atoms with Crippen molar-refractivity contribution in [3.63, 3.8) is 0 Å². The number of aliphatic hydroxyl groups excluding tert-OH is 1. The molecule has 17 nitrogen and oxygen atoms in total. The van der Waals surface area contributed by atoms with Gasteiger partial charge in [-0.25, -0.2) is 9.13 Å². The molecule has 6 atom stereocenters. The summed E-state index contributed by atoms with van der Waals surface area (Å²) in [4.78, 5) is 73.4. The molecule has 19 heteroatoms. The molecule has 0 aliphatic carbocycles. The third kappa shape index (κ3) is 82.6. The number of carbonyl (C=O) groups excluding carboxylic acids is 4.